The summed E-state index contributed by atoms with van der Waals surface area (Å²) in [5, 5.41) is 5.04. The lowest BCUT2D eigenvalue weighted by Gasteiger charge is -2.20. The molecule has 0 spiro atoms. The highest BCUT2D eigenvalue weighted by atomic mass is 32.1. The van der Waals surface area contributed by atoms with Crippen LogP contribution in [0.2, 0.25) is 0 Å². The number of para-hydroxylation sites is 1. The summed E-state index contributed by atoms with van der Waals surface area (Å²) in [6.45, 7) is 6.43. The molecule has 158 valence electrons. The molecule has 0 bridgehead atoms. The van der Waals surface area contributed by atoms with Gasteiger partial charge in [-0.25, -0.2) is 0 Å². The summed E-state index contributed by atoms with van der Waals surface area (Å²) in [6, 6.07) is 13.3. The van der Waals surface area contributed by atoms with Crippen molar-refractivity contribution in [1.82, 2.24) is 9.88 Å². The topological polar surface area (TPSA) is 60.3 Å². The quantitative estimate of drug-likeness (QED) is 0.572. The molecule has 1 aromatic carbocycles. The summed E-state index contributed by atoms with van der Waals surface area (Å²) >= 11 is 1.61. The molecule has 30 heavy (non-hydrogen) atoms. The summed E-state index contributed by atoms with van der Waals surface area (Å²) in [5.41, 5.74) is 2.60. The summed E-state index contributed by atoms with van der Waals surface area (Å²) in [6.07, 6.45) is 1.50. The van der Waals surface area contributed by atoms with E-state index in [9.17, 15) is 9.59 Å². The predicted molar refractivity (Wildman–Crippen MR) is 122 cm³/mol. The van der Waals surface area contributed by atoms with Gasteiger partial charge in [-0.15, -0.1) is 11.3 Å². The van der Waals surface area contributed by atoms with E-state index in [2.05, 4.69) is 5.32 Å². The number of ether oxygens (including phenoxy) is 1. The number of thiophene rings is 1. The zero-order valence-electron chi connectivity index (χ0n) is 17.9. The van der Waals surface area contributed by atoms with Crippen LogP contribution in [0.5, 0.6) is 5.75 Å². The summed E-state index contributed by atoms with van der Waals surface area (Å²) in [4.78, 5) is 26.8. The van der Waals surface area contributed by atoms with Crippen molar-refractivity contribution in [3.8, 4) is 5.75 Å². The number of carbonyl (C=O) groups excluding carboxylic acids is 1. The maximum Gasteiger partial charge on any atom is 0.257 e. The molecule has 1 amide bonds. The molecule has 3 rings (SSSR count). The average Bonchev–Trinajstić information content (AvgIpc) is 3.26. The number of nitrogens with zero attached hydrogens (tertiary/aromatic N) is 1. The van der Waals surface area contributed by atoms with Gasteiger partial charge >= 0.3 is 0 Å². The maximum absolute atomic E-state index is 13.0. The molecule has 5 nitrogen and oxygen atoms in total. The molecular formula is C24H28N2O3S. The van der Waals surface area contributed by atoms with Crippen LogP contribution in [0.3, 0.4) is 0 Å². The van der Waals surface area contributed by atoms with Crippen LogP contribution < -0.4 is 15.5 Å². The van der Waals surface area contributed by atoms with Crippen LogP contribution >= 0.6 is 11.3 Å². The largest absolute Gasteiger partial charge is 0.496 e. The highest BCUT2D eigenvalue weighted by Crippen LogP contribution is 2.23. The number of pyridine rings is 1. The van der Waals surface area contributed by atoms with Crippen LogP contribution in [0, 0.1) is 13.8 Å². The first-order valence-corrected chi connectivity index (χ1v) is 11.0. The molecule has 0 radical (unpaired) electrons. The lowest BCUT2D eigenvalue weighted by molar-refractivity contribution is 0.0933. The Morgan fingerprint density at radius 2 is 1.97 bits per heavy atom. The number of rotatable bonds is 8. The highest BCUT2D eigenvalue weighted by molar-refractivity contribution is 7.10. The van der Waals surface area contributed by atoms with Gasteiger partial charge in [-0.05, 0) is 49.8 Å². The van der Waals surface area contributed by atoms with Gasteiger partial charge in [0.2, 0.25) is 0 Å². The molecule has 1 atom stereocenters. The molecule has 0 fully saturated rings. The van der Waals surface area contributed by atoms with E-state index in [0.29, 0.717) is 12.2 Å². The smallest absolute Gasteiger partial charge is 0.257 e. The first-order chi connectivity index (χ1) is 14.5. The fraction of sp³-hybridized carbons (Fsp3) is 0.333. The minimum Gasteiger partial charge on any atom is -0.496 e. The fourth-order valence-electron chi connectivity index (χ4n) is 3.77. The minimum atomic E-state index is -0.316. The standard InChI is InChI=1S/C24H28N2O3S/c1-5-19(22-11-8-14-30-22)25-24(28)23-17(3)26(16(2)15-20(23)27)13-12-18-9-6-7-10-21(18)29-4/h6-11,14-15,19H,5,12-13H2,1-4H3,(H,25,28)/t19-/m0/s1. The normalized spacial score (nSPS) is 11.9. The number of aryl methyl sites for hydroxylation is 2. The Morgan fingerprint density at radius 1 is 1.20 bits per heavy atom. The predicted octanol–water partition coefficient (Wildman–Crippen LogP) is 4.66. The Bertz CT molecular complexity index is 1070. The molecule has 2 heterocycles. The molecule has 0 aliphatic rings. The van der Waals surface area contributed by atoms with Gasteiger partial charge in [-0.2, -0.15) is 0 Å². The van der Waals surface area contributed by atoms with Crippen molar-refractivity contribution < 1.29 is 9.53 Å². The fourth-order valence-corrected chi connectivity index (χ4v) is 4.64. The van der Waals surface area contributed by atoms with Crippen molar-refractivity contribution in [1.29, 1.82) is 0 Å². The number of hydrogen-bond donors (Lipinski definition) is 1. The first-order valence-electron chi connectivity index (χ1n) is 10.1. The Kier molecular flexibility index (Phi) is 7.11. The number of methoxy groups -OCH3 is 1. The molecule has 3 aromatic rings. The van der Waals surface area contributed by atoms with E-state index in [1.165, 1.54) is 0 Å². The molecule has 0 saturated carbocycles. The maximum atomic E-state index is 13.0. The monoisotopic (exact) mass is 424 g/mol. The van der Waals surface area contributed by atoms with Gasteiger partial charge in [0.25, 0.3) is 5.91 Å². The second-order valence-corrected chi connectivity index (χ2v) is 8.25. The van der Waals surface area contributed by atoms with E-state index in [-0.39, 0.29) is 22.9 Å². The molecule has 6 heteroatoms. The van der Waals surface area contributed by atoms with Crippen molar-refractivity contribution >= 4 is 17.2 Å². The highest BCUT2D eigenvalue weighted by Gasteiger charge is 2.21. The molecule has 2 aromatic heterocycles. The van der Waals surface area contributed by atoms with Crippen LogP contribution in [0.15, 0.2) is 52.6 Å². The van der Waals surface area contributed by atoms with Crippen molar-refractivity contribution in [2.75, 3.05) is 7.11 Å². The van der Waals surface area contributed by atoms with Crippen LogP contribution in [0.1, 0.15) is 51.6 Å². The molecule has 1 N–H and O–H groups in total. The zero-order valence-corrected chi connectivity index (χ0v) is 18.7. The van der Waals surface area contributed by atoms with Gasteiger partial charge in [0.1, 0.15) is 11.3 Å². The van der Waals surface area contributed by atoms with E-state index < -0.39 is 0 Å². The minimum absolute atomic E-state index is 0.0976. The Hall–Kier alpha value is -2.86. The van der Waals surface area contributed by atoms with Crippen LogP contribution in [-0.2, 0) is 13.0 Å². The lowest BCUT2D eigenvalue weighted by Crippen LogP contribution is -2.34. The van der Waals surface area contributed by atoms with E-state index in [0.717, 1.165) is 34.7 Å². The second kappa shape index (κ2) is 9.76. The van der Waals surface area contributed by atoms with Crippen LogP contribution in [-0.4, -0.2) is 17.6 Å². The number of aromatic nitrogens is 1. The summed E-state index contributed by atoms with van der Waals surface area (Å²) in [7, 11) is 1.66. The van der Waals surface area contributed by atoms with Crippen molar-refractivity contribution in [3.05, 3.63) is 85.5 Å². The number of carbonyl (C=O) groups is 1. The van der Waals surface area contributed by atoms with E-state index in [1.54, 1.807) is 24.5 Å². The van der Waals surface area contributed by atoms with Gasteiger partial charge < -0.3 is 14.6 Å². The first kappa shape index (κ1) is 21.8. The Balaban J connectivity index is 1.87. The van der Waals surface area contributed by atoms with Crippen molar-refractivity contribution in [2.24, 2.45) is 0 Å². The molecular weight excluding hydrogens is 396 g/mol. The van der Waals surface area contributed by atoms with Crippen LogP contribution in [0.25, 0.3) is 0 Å². The lowest BCUT2D eigenvalue weighted by atomic mass is 10.1. The average molecular weight is 425 g/mol. The molecule has 0 aliphatic heterocycles. The molecule has 0 saturated heterocycles. The van der Waals surface area contributed by atoms with Gasteiger partial charge in [0, 0.05) is 28.9 Å². The number of hydrogen-bond acceptors (Lipinski definition) is 4. The SMILES string of the molecule is CC[C@H](NC(=O)c1c(C)n(CCc2ccccc2OC)c(C)cc1=O)c1cccs1. The second-order valence-electron chi connectivity index (χ2n) is 7.27. The Morgan fingerprint density at radius 3 is 2.63 bits per heavy atom. The van der Waals surface area contributed by atoms with E-state index in [1.807, 2.05) is 67.1 Å². The van der Waals surface area contributed by atoms with Crippen LogP contribution in [0.4, 0.5) is 0 Å². The zero-order chi connectivity index (χ0) is 21.7. The van der Waals surface area contributed by atoms with Gasteiger partial charge in [0.05, 0.1) is 13.2 Å². The third-order valence-electron chi connectivity index (χ3n) is 5.40. The van der Waals surface area contributed by atoms with Crippen molar-refractivity contribution in [3.63, 3.8) is 0 Å². The summed E-state index contributed by atoms with van der Waals surface area (Å²) < 4.78 is 7.48. The van der Waals surface area contributed by atoms with E-state index >= 15 is 0 Å². The number of nitrogens with one attached hydrogen (secondary N) is 1. The Labute approximate surface area is 181 Å². The number of benzene rings is 1. The van der Waals surface area contributed by atoms with E-state index in [4.69, 9.17) is 4.74 Å². The van der Waals surface area contributed by atoms with Gasteiger partial charge in [-0.3, -0.25) is 9.59 Å². The summed E-state index contributed by atoms with van der Waals surface area (Å²) in [5.74, 6) is 0.525. The van der Waals surface area contributed by atoms with Gasteiger partial charge in [0.15, 0.2) is 5.43 Å². The van der Waals surface area contributed by atoms with Crippen molar-refractivity contribution in [2.45, 2.75) is 46.2 Å². The third kappa shape index (κ3) is 4.65. The third-order valence-corrected chi connectivity index (χ3v) is 6.39. The molecule has 0 unspecified atom stereocenters. The molecule has 0 aliphatic carbocycles. The number of amides is 1. The van der Waals surface area contributed by atoms with Gasteiger partial charge in [-0.1, -0.05) is 31.2 Å².